The molecule has 4 heteroatoms. The Bertz CT molecular complexity index is 3200. The highest BCUT2D eigenvalue weighted by atomic mass is 28.3. The Hall–Kier alpha value is -7.27. The predicted molar refractivity (Wildman–Crippen MR) is 254 cm³/mol. The molecule has 0 spiro atoms. The molecule has 0 saturated carbocycles. The SMILES string of the molecule is COc1cc(-c2ccc3c(c2)[Si](C)(C)c2ccccc2-3)cc(-n2c3ccccc3c3cc(-c4ccc(-c5cc(-c6ccccc6)cc(-c6ccccc6)n5)cc4)ccc32)c1. The molecule has 3 nitrogen and oxygen atoms in total. The summed E-state index contributed by atoms with van der Waals surface area (Å²) in [5.41, 5.74) is 17.3. The number of pyridine rings is 1. The summed E-state index contributed by atoms with van der Waals surface area (Å²) in [5.74, 6) is 0.838. The predicted octanol–water partition coefficient (Wildman–Crippen LogP) is 13.3. The van der Waals surface area contributed by atoms with E-state index in [0.717, 1.165) is 61.7 Å². The fourth-order valence-electron chi connectivity index (χ4n) is 9.38. The van der Waals surface area contributed by atoms with Crippen LogP contribution in [-0.4, -0.2) is 24.7 Å². The van der Waals surface area contributed by atoms with E-state index in [1.165, 1.54) is 49.0 Å². The molecule has 0 bridgehead atoms. The third kappa shape index (κ3) is 5.99. The first-order valence-corrected chi connectivity index (χ1v) is 23.6. The fraction of sp³-hybridized carbons (Fsp3) is 0.0536. The van der Waals surface area contributed by atoms with Crippen LogP contribution in [-0.2, 0) is 0 Å². The van der Waals surface area contributed by atoms with Crippen molar-refractivity contribution in [1.82, 2.24) is 9.55 Å². The number of hydrogen-bond acceptors (Lipinski definition) is 2. The van der Waals surface area contributed by atoms with Crippen molar-refractivity contribution in [2.75, 3.05) is 7.11 Å². The third-order valence-electron chi connectivity index (χ3n) is 12.5. The first-order valence-electron chi connectivity index (χ1n) is 20.6. The maximum absolute atomic E-state index is 5.99. The second kappa shape index (κ2) is 14.2. The van der Waals surface area contributed by atoms with Gasteiger partial charge in [0.2, 0.25) is 0 Å². The number of benzene rings is 8. The van der Waals surface area contributed by atoms with Crippen LogP contribution in [0.5, 0.6) is 5.75 Å². The number of hydrogen-bond donors (Lipinski definition) is 0. The van der Waals surface area contributed by atoms with Crippen molar-refractivity contribution < 1.29 is 4.74 Å². The average molecular weight is 787 g/mol. The smallest absolute Gasteiger partial charge is 0.121 e. The molecule has 3 heterocycles. The van der Waals surface area contributed by atoms with Crippen molar-refractivity contribution >= 4 is 40.3 Å². The quantitative estimate of drug-likeness (QED) is 0.150. The zero-order valence-corrected chi connectivity index (χ0v) is 34.9. The molecule has 1 aliphatic heterocycles. The van der Waals surface area contributed by atoms with Crippen molar-refractivity contribution in [2.45, 2.75) is 13.1 Å². The molecule has 0 saturated heterocycles. The number of fused-ring (bicyclic) bond motifs is 6. The Kier molecular flexibility index (Phi) is 8.50. The van der Waals surface area contributed by atoms with Gasteiger partial charge in [0, 0.05) is 28.0 Å². The molecule has 1 aliphatic rings. The summed E-state index contributed by atoms with van der Waals surface area (Å²) in [7, 11) is -0.0673. The van der Waals surface area contributed by atoms with Crippen LogP contribution >= 0.6 is 0 Å². The van der Waals surface area contributed by atoms with Gasteiger partial charge in [0.15, 0.2) is 0 Å². The van der Waals surface area contributed by atoms with Crippen LogP contribution in [0.15, 0.2) is 200 Å². The van der Waals surface area contributed by atoms with Crippen molar-refractivity contribution in [3.8, 4) is 78.5 Å². The van der Waals surface area contributed by atoms with Gasteiger partial charge >= 0.3 is 0 Å². The van der Waals surface area contributed by atoms with Gasteiger partial charge in [-0.1, -0.05) is 165 Å². The Morgan fingerprint density at radius 2 is 0.950 bits per heavy atom. The van der Waals surface area contributed by atoms with E-state index in [-0.39, 0.29) is 0 Å². The second-order valence-electron chi connectivity index (χ2n) is 16.4. The van der Waals surface area contributed by atoms with E-state index >= 15 is 0 Å². The Morgan fingerprint density at radius 1 is 0.400 bits per heavy atom. The lowest BCUT2D eigenvalue weighted by atomic mass is 9.98. The molecule has 0 unspecified atom stereocenters. The van der Waals surface area contributed by atoms with E-state index in [1.54, 1.807) is 7.11 Å². The minimum absolute atomic E-state index is 0.838. The molecule has 0 fully saturated rings. The zero-order chi connectivity index (χ0) is 40.4. The molecule has 2 aromatic heterocycles. The lowest BCUT2D eigenvalue weighted by Gasteiger charge is -2.19. The van der Waals surface area contributed by atoms with Crippen LogP contribution in [0.25, 0.3) is 94.5 Å². The number of rotatable bonds is 7. The lowest BCUT2D eigenvalue weighted by molar-refractivity contribution is 0.415. The number of para-hydroxylation sites is 1. The Balaban J connectivity index is 0.980. The number of ether oxygens (including phenoxy) is 1. The maximum atomic E-state index is 5.99. The van der Waals surface area contributed by atoms with Gasteiger partial charge in [0.05, 0.1) is 35.2 Å². The van der Waals surface area contributed by atoms with E-state index in [9.17, 15) is 0 Å². The molecule has 8 aromatic carbocycles. The molecular formula is C56H42N2OSi. The van der Waals surface area contributed by atoms with Crippen molar-refractivity contribution in [3.05, 3.63) is 200 Å². The monoisotopic (exact) mass is 786 g/mol. The normalized spacial score (nSPS) is 12.7. The maximum Gasteiger partial charge on any atom is 0.121 e. The van der Waals surface area contributed by atoms with E-state index in [0.29, 0.717) is 0 Å². The highest BCUT2D eigenvalue weighted by Gasteiger charge is 2.37. The molecule has 60 heavy (non-hydrogen) atoms. The van der Waals surface area contributed by atoms with Crippen molar-refractivity contribution in [2.24, 2.45) is 0 Å². The van der Waals surface area contributed by atoms with Crippen LogP contribution in [0.3, 0.4) is 0 Å². The number of methoxy groups -OCH3 is 1. The number of nitrogens with zero attached hydrogens (tertiary/aromatic N) is 2. The Morgan fingerprint density at radius 3 is 1.72 bits per heavy atom. The van der Waals surface area contributed by atoms with Crippen molar-refractivity contribution in [1.29, 1.82) is 0 Å². The minimum Gasteiger partial charge on any atom is -0.497 e. The van der Waals surface area contributed by atoms with Crippen molar-refractivity contribution in [3.63, 3.8) is 0 Å². The second-order valence-corrected chi connectivity index (χ2v) is 20.7. The van der Waals surface area contributed by atoms with Gasteiger partial charge < -0.3 is 9.30 Å². The highest BCUT2D eigenvalue weighted by molar-refractivity contribution is 7.03. The molecule has 0 aliphatic carbocycles. The summed E-state index contributed by atoms with van der Waals surface area (Å²) in [6.45, 7) is 4.95. The van der Waals surface area contributed by atoms with Gasteiger partial charge in [-0.05, 0) is 97.3 Å². The summed E-state index contributed by atoms with van der Waals surface area (Å²) in [6, 6.07) is 72.5. The van der Waals surface area contributed by atoms with Crippen LogP contribution in [0.1, 0.15) is 0 Å². The van der Waals surface area contributed by atoms with Gasteiger partial charge in [-0.15, -0.1) is 0 Å². The van der Waals surface area contributed by atoms with E-state index in [2.05, 4.69) is 212 Å². The number of aromatic nitrogens is 2. The minimum atomic E-state index is -1.83. The highest BCUT2D eigenvalue weighted by Crippen LogP contribution is 2.39. The lowest BCUT2D eigenvalue weighted by Crippen LogP contribution is -2.49. The molecular weight excluding hydrogens is 745 g/mol. The van der Waals surface area contributed by atoms with Gasteiger partial charge in [-0.3, -0.25) is 0 Å². The topological polar surface area (TPSA) is 27.1 Å². The molecule has 0 atom stereocenters. The molecule has 11 rings (SSSR count). The standard InChI is InChI=1S/C56H42N2OSi/c1-59-46-31-43(42-26-28-49-48-19-11-13-21-55(48)60(2,3)56(49)35-42)30-45(36-46)58-53-20-12-10-18-47(53)50-32-41(27-29-54(50)58)38-22-24-40(25-23-38)52-34-44(37-14-6-4-7-15-37)33-51(57-52)39-16-8-5-9-17-39/h4-36H,1-3H3. The summed E-state index contributed by atoms with van der Waals surface area (Å²) >= 11 is 0. The molecule has 0 amide bonds. The zero-order valence-electron chi connectivity index (χ0n) is 33.9. The first-order chi connectivity index (χ1) is 29.4. The van der Waals surface area contributed by atoms with E-state index in [4.69, 9.17) is 9.72 Å². The van der Waals surface area contributed by atoms with Crippen LogP contribution < -0.4 is 15.1 Å². The Labute approximate surface area is 351 Å². The summed E-state index contributed by atoms with van der Waals surface area (Å²) in [6.07, 6.45) is 0. The first kappa shape index (κ1) is 35.9. The van der Waals surface area contributed by atoms with Crippen LogP contribution in [0.4, 0.5) is 0 Å². The van der Waals surface area contributed by atoms with Gasteiger partial charge in [0.25, 0.3) is 0 Å². The van der Waals surface area contributed by atoms with E-state index in [1.807, 2.05) is 6.07 Å². The van der Waals surface area contributed by atoms with Gasteiger partial charge in [-0.2, -0.15) is 0 Å². The van der Waals surface area contributed by atoms with Gasteiger partial charge in [-0.25, -0.2) is 4.98 Å². The molecule has 10 aromatic rings. The van der Waals surface area contributed by atoms with Gasteiger partial charge in [0.1, 0.15) is 13.8 Å². The average Bonchev–Trinajstić information content (AvgIpc) is 3.77. The van der Waals surface area contributed by atoms with Crippen LogP contribution in [0.2, 0.25) is 13.1 Å². The third-order valence-corrected chi connectivity index (χ3v) is 16.0. The molecule has 0 N–H and O–H groups in total. The summed E-state index contributed by atoms with van der Waals surface area (Å²) < 4.78 is 8.38. The summed E-state index contributed by atoms with van der Waals surface area (Å²) in [4.78, 5) is 5.17. The fourth-order valence-corrected chi connectivity index (χ4v) is 12.5. The molecule has 0 radical (unpaired) electrons. The summed E-state index contributed by atoms with van der Waals surface area (Å²) in [5, 5.41) is 5.45. The largest absolute Gasteiger partial charge is 0.497 e. The van der Waals surface area contributed by atoms with Crippen LogP contribution in [0, 0.1) is 0 Å². The molecule has 286 valence electrons. The van der Waals surface area contributed by atoms with E-state index < -0.39 is 8.07 Å².